The van der Waals surface area contributed by atoms with Gasteiger partial charge in [0.2, 0.25) is 0 Å². The zero-order valence-corrected chi connectivity index (χ0v) is 12.1. The monoisotopic (exact) mass is 300 g/mol. The maximum absolute atomic E-state index is 12.2. The summed E-state index contributed by atoms with van der Waals surface area (Å²) in [6, 6.07) is 12.5. The third kappa shape index (κ3) is 2.34. The number of anilines is 1. The molecule has 2 aromatic rings. The lowest BCUT2D eigenvalue weighted by Gasteiger charge is -2.07. The maximum Gasteiger partial charge on any atom is 0.258 e. The van der Waals surface area contributed by atoms with Crippen molar-refractivity contribution in [2.75, 3.05) is 12.4 Å². The largest absolute Gasteiger partial charge is 0.497 e. The molecule has 3 rings (SSSR count). The van der Waals surface area contributed by atoms with Crippen LogP contribution in [0.3, 0.4) is 0 Å². The molecule has 5 heteroatoms. The summed E-state index contributed by atoms with van der Waals surface area (Å²) in [4.78, 5) is 12.2. The van der Waals surface area contributed by atoms with Crippen LogP contribution in [-0.4, -0.2) is 13.0 Å². The van der Waals surface area contributed by atoms with Gasteiger partial charge in [0.1, 0.15) is 5.75 Å². The van der Waals surface area contributed by atoms with Crippen LogP contribution in [0.25, 0.3) is 11.3 Å². The van der Waals surface area contributed by atoms with Gasteiger partial charge in [-0.05, 0) is 48.0 Å². The Morgan fingerprint density at radius 3 is 2.57 bits per heavy atom. The van der Waals surface area contributed by atoms with Gasteiger partial charge in [-0.2, -0.15) is 0 Å². The Hall–Kier alpha value is -2.46. The van der Waals surface area contributed by atoms with Crippen LogP contribution in [0.4, 0.5) is 5.69 Å². The van der Waals surface area contributed by atoms with E-state index in [2.05, 4.69) is 5.32 Å². The number of halogens is 1. The van der Waals surface area contributed by atoms with Gasteiger partial charge in [0.15, 0.2) is 0 Å². The van der Waals surface area contributed by atoms with Gasteiger partial charge in [-0.15, -0.1) is 0 Å². The maximum atomic E-state index is 12.2. The third-order valence-corrected chi connectivity index (χ3v) is 3.63. The molecule has 1 amide bonds. The van der Waals surface area contributed by atoms with E-state index < -0.39 is 0 Å². The minimum Gasteiger partial charge on any atom is -0.497 e. The average Bonchev–Trinajstić information content (AvgIpc) is 2.82. The predicted octanol–water partition coefficient (Wildman–Crippen LogP) is 3.13. The van der Waals surface area contributed by atoms with Gasteiger partial charge in [-0.25, -0.2) is 0 Å². The zero-order valence-electron chi connectivity index (χ0n) is 11.3. The van der Waals surface area contributed by atoms with E-state index >= 15 is 0 Å². The number of fused-ring (bicyclic) bond motifs is 1. The summed E-state index contributed by atoms with van der Waals surface area (Å²) in [5.41, 5.74) is 9.24. The molecule has 21 heavy (non-hydrogen) atoms. The fourth-order valence-corrected chi connectivity index (χ4v) is 2.49. The Bertz CT molecular complexity index is 751. The molecule has 1 aliphatic rings. The molecule has 0 fully saturated rings. The highest BCUT2D eigenvalue weighted by Crippen LogP contribution is 2.36. The van der Waals surface area contributed by atoms with Crippen LogP contribution in [0, 0.1) is 0 Å². The molecular weight excluding hydrogens is 288 g/mol. The summed E-state index contributed by atoms with van der Waals surface area (Å²) >= 11 is 6.01. The molecule has 2 aromatic carbocycles. The van der Waals surface area contributed by atoms with Crippen molar-refractivity contribution in [3.63, 3.8) is 0 Å². The Kier molecular flexibility index (Phi) is 3.31. The van der Waals surface area contributed by atoms with Gasteiger partial charge in [-0.1, -0.05) is 11.6 Å². The molecule has 3 N–H and O–H groups in total. The van der Waals surface area contributed by atoms with Gasteiger partial charge in [0, 0.05) is 16.3 Å². The normalized spacial score (nSPS) is 15.4. The molecule has 0 unspecified atom stereocenters. The van der Waals surface area contributed by atoms with Crippen LogP contribution in [0.1, 0.15) is 11.1 Å². The minimum atomic E-state index is -0.222. The molecule has 0 spiro atoms. The Balaban J connectivity index is 2.13. The number of hydrogen-bond donors (Lipinski definition) is 2. The quantitative estimate of drug-likeness (QED) is 0.838. The number of nitrogens with two attached hydrogens (primary N) is 1. The first-order valence-electron chi connectivity index (χ1n) is 6.35. The molecule has 0 saturated carbocycles. The van der Waals surface area contributed by atoms with Gasteiger partial charge in [0.25, 0.3) is 5.91 Å². The smallest absolute Gasteiger partial charge is 0.258 e. The topological polar surface area (TPSA) is 64.3 Å². The van der Waals surface area contributed by atoms with Gasteiger partial charge in [0.05, 0.1) is 18.4 Å². The predicted molar refractivity (Wildman–Crippen MR) is 84.1 cm³/mol. The van der Waals surface area contributed by atoms with E-state index in [9.17, 15) is 4.79 Å². The fourth-order valence-electron chi connectivity index (χ4n) is 2.32. The Morgan fingerprint density at radius 1 is 1.19 bits per heavy atom. The summed E-state index contributed by atoms with van der Waals surface area (Å²) in [6.45, 7) is 0. The van der Waals surface area contributed by atoms with Crippen molar-refractivity contribution in [1.82, 2.24) is 0 Å². The van der Waals surface area contributed by atoms with Crippen molar-refractivity contribution in [1.29, 1.82) is 0 Å². The molecule has 0 bridgehead atoms. The van der Waals surface area contributed by atoms with Crippen LogP contribution in [0.2, 0.25) is 5.02 Å². The van der Waals surface area contributed by atoms with E-state index in [0.29, 0.717) is 16.3 Å². The van der Waals surface area contributed by atoms with Crippen molar-refractivity contribution in [2.24, 2.45) is 5.73 Å². The summed E-state index contributed by atoms with van der Waals surface area (Å²) < 4.78 is 5.11. The Labute approximate surface area is 127 Å². The summed E-state index contributed by atoms with van der Waals surface area (Å²) in [5, 5.41) is 3.35. The van der Waals surface area contributed by atoms with Crippen LogP contribution in [0.5, 0.6) is 5.75 Å². The first-order valence-corrected chi connectivity index (χ1v) is 6.73. The second-order valence-corrected chi connectivity index (χ2v) is 5.10. The number of nitrogens with one attached hydrogen (secondary N) is 1. The van der Waals surface area contributed by atoms with Gasteiger partial charge in [-0.3, -0.25) is 4.79 Å². The van der Waals surface area contributed by atoms with Crippen LogP contribution in [-0.2, 0) is 4.79 Å². The van der Waals surface area contributed by atoms with Crippen molar-refractivity contribution in [3.05, 3.63) is 58.6 Å². The average molecular weight is 301 g/mol. The standard InChI is InChI=1S/C16H13ClN2O2/c1-21-11-5-2-9(3-6-11)15(18)14-12-8-10(17)4-7-13(12)19-16(14)20/h2-8H,18H2,1H3,(H,19,20)/b15-14+. The number of methoxy groups -OCH3 is 1. The molecule has 106 valence electrons. The van der Waals surface area contributed by atoms with Gasteiger partial charge < -0.3 is 15.8 Å². The summed E-state index contributed by atoms with van der Waals surface area (Å²) in [5.74, 6) is 0.511. The minimum absolute atomic E-state index is 0.222. The van der Waals surface area contributed by atoms with E-state index in [4.69, 9.17) is 22.1 Å². The van der Waals surface area contributed by atoms with E-state index in [-0.39, 0.29) is 5.91 Å². The highest BCUT2D eigenvalue weighted by Gasteiger charge is 2.27. The molecule has 0 atom stereocenters. The number of ether oxygens (including phenoxy) is 1. The lowest BCUT2D eigenvalue weighted by molar-refractivity contribution is -0.110. The van der Waals surface area contributed by atoms with Crippen molar-refractivity contribution in [2.45, 2.75) is 0 Å². The lowest BCUT2D eigenvalue weighted by atomic mass is 10.0. The second-order valence-electron chi connectivity index (χ2n) is 4.66. The van der Waals surface area contributed by atoms with Gasteiger partial charge >= 0.3 is 0 Å². The zero-order chi connectivity index (χ0) is 15.0. The highest BCUT2D eigenvalue weighted by atomic mass is 35.5. The molecule has 0 aliphatic carbocycles. The summed E-state index contributed by atoms with van der Waals surface area (Å²) in [7, 11) is 1.60. The van der Waals surface area contributed by atoms with E-state index in [0.717, 1.165) is 22.6 Å². The van der Waals surface area contributed by atoms with Crippen molar-refractivity contribution in [3.8, 4) is 5.75 Å². The van der Waals surface area contributed by atoms with Crippen molar-refractivity contribution < 1.29 is 9.53 Å². The molecule has 4 nitrogen and oxygen atoms in total. The number of benzene rings is 2. The third-order valence-electron chi connectivity index (χ3n) is 3.40. The van der Waals surface area contributed by atoms with Crippen LogP contribution >= 0.6 is 11.6 Å². The number of amides is 1. The first kappa shape index (κ1) is 13.5. The number of carbonyl (C=O) groups excluding carboxylic acids is 1. The first-order chi connectivity index (χ1) is 10.1. The summed E-state index contributed by atoms with van der Waals surface area (Å²) in [6.07, 6.45) is 0. The molecule has 1 aliphatic heterocycles. The second kappa shape index (κ2) is 5.14. The highest BCUT2D eigenvalue weighted by molar-refractivity contribution is 6.38. The van der Waals surface area contributed by atoms with E-state index in [1.165, 1.54) is 0 Å². The Morgan fingerprint density at radius 2 is 1.90 bits per heavy atom. The van der Waals surface area contributed by atoms with E-state index in [1.54, 1.807) is 37.4 Å². The SMILES string of the molecule is COc1ccc(/C(N)=C2\C(=O)Nc3ccc(Cl)cc32)cc1. The molecule has 1 heterocycles. The molecule has 0 radical (unpaired) electrons. The number of rotatable bonds is 2. The van der Waals surface area contributed by atoms with Crippen molar-refractivity contribution >= 4 is 34.5 Å². The number of carbonyl (C=O) groups is 1. The molecule has 0 aromatic heterocycles. The lowest BCUT2D eigenvalue weighted by Crippen LogP contribution is -2.09. The fraction of sp³-hybridized carbons (Fsp3) is 0.0625. The van der Waals surface area contributed by atoms with Crippen LogP contribution < -0.4 is 15.8 Å². The van der Waals surface area contributed by atoms with E-state index in [1.807, 2.05) is 12.1 Å². The van der Waals surface area contributed by atoms with Crippen LogP contribution in [0.15, 0.2) is 42.5 Å². The molecule has 0 saturated heterocycles. The molecular formula is C16H13ClN2O2. The number of hydrogen-bond acceptors (Lipinski definition) is 3.